The minimum Gasteiger partial charge on any atom is -0.369 e. The molecule has 0 saturated heterocycles. The lowest BCUT2D eigenvalue weighted by Gasteiger charge is -2.45. The van der Waals surface area contributed by atoms with Crippen LogP contribution < -0.4 is 16.4 Å². The second-order valence-electron chi connectivity index (χ2n) is 5.98. The van der Waals surface area contributed by atoms with Crippen molar-refractivity contribution in [2.45, 2.75) is 37.8 Å². The Kier molecular flexibility index (Phi) is 3.99. The van der Waals surface area contributed by atoms with Crippen LogP contribution in [0, 0.1) is 20.2 Å². The summed E-state index contributed by atoms with van der Waals surface area (Å²) in [4.78, 5) is 31.0. The zero-order valence-corrected chi connectivity index (χ0v) is 13.3. The Morgan fingerprint density at radius 2 is 1.76 bits per heavy atom. The summed E-state index contributed by atoms with van der Waals surface area (Å²) in [5.41, 5.74) is 9.63. The molecule has 0 amide bonds. The van der Waals surface area contributed by atoms with E-state index in [1.54, 1.807) is 0 Å². The van der Waals surface area contributed by atoms with Crippen LogP contribution in [-0.4, -0.2) is 27.4 Å². The van der Waals surface area contributed by atoms with Crippen molar-refractivity contribution in [2.75, 3.05) is 4.90 Å². The standard InChI is InChI=1S/C14H17N7O4/c15-12-17-13(16)19(14(18-12)7-2-1-3-8-14)9-5-4-6-10(20(22)23)11(9)21(24)25/h4-6H,1-3,7-8H2,(H4,15,16,17,18). The topological polar surface area (TPSA) is 166 Å². The smallest absolute Gasteiger partial charge is 0.369 e. The maximum absolute atomic E-state index is 11.6. The summed E-state index contributed by atoms with van der Waals surface area (Å²) < 4.78 is 0. The predicted molar refractivity (Wildman–Crippen MR) is 91.3 cm³/mol. The maximum atomic E-state index is 11.6. The molecular weight excluding hydrogens is 330 g/mol. The fourth-order valence-corrected chi connectivity index (χ4v) is 3.50. The number of benzene rings is 1. The van der Waals surface area contributed by atoms with E-state index in [0.29, 0.717) is 12.8 Å². The number of nitrogens with zero attached hydrogens (tertiary/aromatic N) is 5. The van der Waals surface area contributed by atoms with Gasteiger partial charge < -0.3 is 11.5 Å². The van der Waals surface area contributed by atoms with Gasteiger partial charge in [0.1, 0.15) is 11.4 Å². The Morgan fingerprint density at radius 1 is 1.08 bits per heavy atom. The van der Waals surface area contributed by atoms with E-state index >= 15 is 0 Å². The Labute approximate surface area is 142 Å². The van der Waals surface area contributed by atoms with Crippen LogP contribution in [0.5, 0.6) is 0 Å². The molecule has 25 heavy (non-hydrogen) atoms. The van der Waals surface area contributed by atoms with E-state index in [2.05, 4.69) is 9.98 Å². The predicted octanol–water partition coefficient (Wildman–Crippen LogP) is 1.61. The van der Waals surface area contributed by atoms with E-state index in [9.17, 15) is 20.2 Å². The minimum absolute atomic E-state index is 0.00130. The summed E-state index contributed by atoms with van der Waals surface area (Å²) in [6.45, 7) is 0. The molecule has 0 bridgehead atoms. The van der Waals surface area contributed by atoms with Crippen molar-refractivity contribution in [3.63, 3.8) is 0 Å². The molecule has 3 rings (SSSR count). The van der Waals surface area contributed by atoms with Gasteiger partial charge in [-0.3, -0.25) is 25.1 Å². The number of nitrogens with two attached hydrogens (primary N) is 2. The first kappa shape index (κ1) is 16.6. The number of nitro groups is 2. The largest absolute Gasteiger partial charge is 0.369 e. The molecular formula is C14H17N7O4. The SMILES string of the molecule is NC1=NC2(CCCCC2)N(c2cccc([N+](=O)[O-])c2[N+](=O)[O-])C(N)=N1. The second kappa shape index (κ2) is 6.00. The molecule has 4 N–H and O–H groups in total. The summed E-state index contributed by atoms with van der Waals surface area (Å²) in [5.74, 6) is -0.0540. The lowest BCUT2D eigenvalue weighted by Crippen LogP contribution is -2.58. The van der Waals surface area contributed by atoms with Gasteiger partial charge in [-0.1, -0.05) is 12.5 Å². The number of aliphatic imine (C=N–C) groups is 2. The molecule has 1 fully saturated rings. The van der Waals surface area contributed by atoms with Crippen LogP contribution in [0.15, 0.2) is 28.2 Å². The van der Waals surface area contributed by atoms with Gasteiger partial charge in [-0.25, -0.2) is 4.99 Å². The summed E-state index contributed by atoms with van der Waals surface area (Å²) in [7, 11) is 0. The number of rotatable bonds is 3. The van der Waals surface area contributed by atoms with Crippen molar-refractivity contribution in [3.05, 3.63) is 38.4 Å². The highest BCUT2D eigenvalue weighted by Crippen LogP contribution is 2.45. The van der Waals surface area contributed by atoms with Gasteiger partial charge in [-0.15, -0.1) is 0 Å². The second-order valence-corrected chi connectivity index (χ2v) is 5.98. The highest BCUT2D eigenvalue weighted by Gasteiger charge is 2.46. The van der Waals surface area contributed by atoms with E-state index in [1.165, 1.54) is 17.0 Å². The maximum Gasteiger partial charge on any atom is 0.369 e. The molecule has 1 spiro atoms. The van der Waals surface area contributed by atoms with Crippen LogP contribution in [-0.2, 0) is 0 Å². The number of hydrogen-bond donors (Lipinski definition) is 2. The van der Waals surface area contributed by atoms with Gasteiger partial charge in [-0.2, -0.15) is 4.99 Å². The number of para-hydroxylation sites is 1. The molecule has 1 aromatic rings. The van der Waals surface area contributed by atoms with Gasteiger partial charge in [0, 0.05) is 6.07 Å². The number of anilines is 1. The van der Waals surface area contributed by atoms with Crippen LogP contribution in [0.25, 0.3) is 0 Å². The molecule has 1 saturated carbocycles. The first-order valence-electron chi connectivity index (χ1n) is 7.77. The van der Waals surface area contributed by atoms with Gasteiger partial charge in [-0.05, 0) is 31.7 Å². The van der Waals surface area contributed by atoms with E-state index in [-0.39, 0.29) is 17.6 Å². The monoisotopic (exact) mass is 347 g/mol. The Hall–Kier alpha value is -3.24. The molecule has 0 atom stereocenters. The molecule has 11 nitrogen and oxygen atoms in total. The van der Waals surface area contributed by atoms with Crippen molar-refractivity contribution >= 4 is 29.0 Å². The highest BCUT2D eigenvalue weighted by molar-refractivity contribution is 6.07. The third-order valence-electron chi connectivity index (χ3n) is 4.47. The van der Waals surface area contributed by atoms with Gasteiger partial charge >= 0.3 is 11.4 Å². The van der Waals surface area contributed by atoms with Crippen molar-refractivity contribution in [1.82, 2.24) is 0 Å². The van der Waals surface area contributed by atoms with Crippen molar-refractivity contribution in [2.24, 2.45) is 21.5 Å². The van der Waals surface area contributed by atoms with Crippen LogP contribution in [0.2, 0.25) is 0 Å². The quantitative estimate of drug-likeness (QED) is 0.618. The lowest BCUT2D eigenvalue weighted by atomic mass is 9.87. The van der Waals surface area contributed by atoms with Gasteiger partial charge in [0.2, 0.25) is 11.9 Å². The summed E-state index contributed by atoms with van der Waals surface area (Å²) in [5, 5.41) is 22.8. The van der Waals surface area contributed by atoms with Crippen LogP contribution in [0.3, 0.4) is 0 Å². The lowest BCUT2D eigenvalue weighted by molar-refractivity contribution is -0.422. The number of guanidine groups is 2. The molecule has 1 heterocycles. The number of hydrogen-bond acceptors (Lipinski definition) is 9. The normalized spacial score (nSPS) is 19.3. The third kappa shape index (κ3) is 2.73. The Balaban J connectivity index is 2.23. The van der Waals surface area contributed by atoms with E-state index < -0.39 is 26.9 Å². The molecule has 132 valence electrons. The van der Waals surface area contributed by atoms with Gasteiger partial charge in [0.25, 0.3) is 0 Å². The average molecular weight is 347 g/mol. The van der Waals surface area contributed by atoms with E-state index in [4.69, 9.17) is 11.5 Å². The van der Waals surface area contributed by atoms with Gasteiger partial charge in [0.15, 0.2) is 0 Å². The van der Waals surface area contributed by atoms with Crippen LogP contribution in [0.1, 0.15) is 32.1 Å². The number of nitro benzene ring substituents is 2. The average Bonchev–Trinajstić information content (AvgIpc) is 2.54. The highest BCUT2D eigenvalue weighted by atomic mass is 16.6. The molecule has 1 aliphatic carbocycles. The van der Waals surface area contributed by atoms with Crippen LogP contribution in [0.4, 0.5) is 17.1 Å². The molecule has 0 aromatic heterocycles. The Bertz CT molecular complexity index is 798. The zero-order valence-electron chi connectivity index (χ0n) is 13.3. The van der Waals surface area contributed by atoms with Crippen LogP contribution >= 0.6 is 0 Å². The summed E-state index contributed by atoms with van der Waals surface area (Å²) >= 11 is 0. The van der Waals surface area contributed by atoms with Crippen molar-refractivity contribution < 1.29 is 9.85 Å². The zero-order chi connectivity index (χ0) is 18.2. The van der Waals surface area contributed by atoms with E-state index in [1.807, 2.05) is 0 Å². The third-order valence-corrected chi connectivity index (χ3v) is 4.47. The summed E-state index contributed by atoms with van der Waals surface area (Å²) in [6.07, 6.45) is 3.82. The van der Waals surface area contributed by atoms with E-state index in [0.717, 1.165) is 25.3 Å². The van der Waals surface area contributed by atoms with Gasteiger partial charge in [0.05, 0.1) is 9.85 Å². The van der Waals surface area contributed by atoms with Crippen molar-refractivity contribution in [3.8, 4) is 0 Å². The first-order valence-corrected chi connectivity index (χ1v) is 7.77. The fraction of sp³-hybridized carbons (Fsp3) is 0.429. The minimum atomic E-state index is -0.909. The molecule has 11 heteroatoms. The Morgan fingerprint density at radius 3 is 2.36 bits per heavy atom. The first-order chi connectivity index (χ1) is 11.9. The molecule has 0 radical (unpaired) electrons. The summed E-state index contributed by atoms with van der Waals surface area (Å²) in [6, 6.07) is 3.89. The molecule has 0 unspecified atom stereocenters. The molecule has 1 aliphatic heterocycles. The fourth-order valence-electron chi connectivity index (χ4n) is 3.50. The molecule has 2 aliphatic rings. The van der Waals surface area contributed by atoms with Crippen molar-refractivity contribution in [1.29, 1.82) is 0 Å². The molecule has 1 aromatic carbocycles.